The lowest BCUT2D eigenvalue weighted by atomic mass is 10.0. The molecule has 0 saturated heterocycles. The number of amides is 2. The summed E-state index contributed by atoms with van der Waals surface area (Å²) in [5, 5.41) is 15.8. The van der Waals surface area contributed by atoms with E-state index in [4.69, 9.17) is 28.9 Å². The Morgan fingerprint density at radius 2 is 1.76 bits per heavy atom. The fraction of sp³-hybridized carbons (Fsp3) is 0.0909. The van der Waals surface area contributed by atoms with Crippen molar-refractivity contribution in [3.63, 3.8) is 0 Å². The van der Waals surface area contributed by atoms with E-state index in [1.54, 1.807) is 53.2 Å². The molecule has 4 aromatic rings. The first-order valence-electron chi connectivity index (χ1n) is 9.74. The Hall–Kier alpha value is -3.66. The third kappa shape index (κ3) is 4.90. The lowest BCUT2D eigenvalue weighted by molar-refractivity contribution is 0.104. The summed E-state index contributed by atoms with van der Waals surface area (Å²) in [5.41, 5.74) is 7.90. The van der Waals surface area contributed by atoms with Gasteiger partial charge in [-0.2, -0.15) is 0 Å². The van der Waals surface area contributed by atoms with Crippen LogP contribution in [0.5, 0.6) is 0 Å². The third-order valence-corrected chi connectivity index (χ3v) is 5.21. The molecule has 0 radical (unpaired) electrons. The molecule has 0 saturated carbocycles. The van der Waals surface area contributed by atoms with E-state index < -0.39 is 6.03 Å². The normalized spacial score (nSPS) is 10.9. The van der Waals surface area contributed by atoms with Gasteiger partial charge in [-0.05, 0) is 30.3 Å². The summed E-state index contributed by atoms with van der Waals surface area (Å²) in [5.74, 6) is -0.169. The van der Waals surface area contributed by atoms with E-state index in [2.05, 4.69) is 20.6 Å². The van der Waals surface area contributed by atoms with E-state index in [1.807, 2.05) is 0 Å². The molecule has 0 aliphatic carbocycles. The summed E-state index contributed by atoms with van der Waals surface area (Å²) < 4.78 is 1.65. The zero-order valence-corrected chi connectivity index (χ0v) is 18.6. The van der Waals surface area contributed by atoms with Gasteiger partial charge in [-0.3, -0.25) is 4.79 Å². The number of benzene rings is 2. The van der Waals surface area contributed by atoms with Gasteiger partial charge in [-0.15, -0.1) is 0 Å². The molecule has 0 atom stereocenters. The van der Waals surface area contributed by atoms with Gasteiger partial charge in [-0.25, -0.2) is 14.8 Å². The number of nitrogens with zero attached hydrogens (tertiary/aromatic N) is 3. The standard InChI is InChI=1S/C22H18Cl2N6O3/c23-13-7-14(24)9-16(8-13)29-22(33)28-15-3-1-2-12(6-15)19(32)17-10-30(4-5-31)21-18(17)20(25)26-11-27-21/h1-3,6-11,31H,4-5H2,(H2,25,26,27)(H2,28,29,33). The number of carbonyl (C=O) groups is 2. The van der Waals surface area contributed by atoms with Crippen molar-refractivity contribution in [1.82, 2.24) is 14.5 Å². The predicted octanol–water partition coefficient (Wildman–Crippen LogP) is 4.19. The molecule has 11 heteroatoms. The van der Waals surface area contributed by atoms with Gasteiger partial charge >= 0.3 is 6.03 Å². The van der Waals surface area contributed by atoms with E-state index in [9.17, 15) is 14.7 Å². The number of aliphatic hydroxyl groups is 1. The molecule has 0 unspecified atom stereocenters. The van der Waals surface area contributed by atoms with Crippen LogP contribution in [0.4, 0.5) is 22.0 Å². The Labute approximate surface area is 198 Å². The SMILES string of the molecule is Nc1ncnc2c1c(C(=O)c1cccc(NC(=O)Nc3cc(Cl)cc(Cl)c3)c1)cn2CCO. The van der Waals surface area contributed by atoms with E-state index in [-0.39, 0.29) is 24.8 Å². The van der Waals surface area contributed by atoms with Crippen molar-refractivity contribution in [2.75, 3.05) is 23.0 Å². The highest BCUT2D eigenvalue weighted by Crippen LogP contribution is 2.27. The van der Waals surface area contributed by atoms with Gasteiger partial charge in [0, 0.05) is 39.7 Å². The Morgan fingerprint density at radius 1 is 1.03 bits per heavy atom. The van der Waals surface area contributed by atoms with E-state index in [0.717, 1.165) is 0 Å². The van der Waals surface area contributed by atoms with Crippen LogP contribution in [0.3, 0.4) is 0 Å². The third-order valence-electron chi connectivity index (χ3n) is 4.77. The average Bonchev–Trinajstić information content (AvgIpc) is 3.12. The zero-order valence-electron chi connectivity index (χ0n) is 17.0. The largest absolute Gasteiger partial charge is 0.395 e. The maximum absolute atomic E-state index is 13.3. The van der Waals surface area contributed by atoms with Crippen molar-refractivity contribution in [3.05, 3.63) is 76.2 Å². The van der Waals surface area contributed by atoms with E-state index >= 15 is 0 Å². The summed E-state index contributed by atoms with van der Waals surface area (Å²) in [4.78, 5) is 33.9. The van der Waals surface area contributed by atoms with E-state index in [1.165, 1.54) is 6.33 Å². The number of hydrogen-bond acceptors (Lipinski definition) is 6. The van der Waals surface area contributed by atoms with Crippen LogP contribution in [-0.2, 0) is 6.54 Å². The molecule has 9 nitrogen and oxygen atoms in total. The molecule has 0 aliphatic heterocycles. The Bertz CT molecular complexity index is 1350. The average molecular weight is 485 g/mol. The maximum Gasteiger partial charge on any atom is 0.323 e. The Morgan fingerprint density at radius 3 is 2.48 bits per heavy atom. The second-order valence-electron chi connectivity index (χ2n) is 7.06. The first-order chi connectivity index (χ1) is 15.9. The number of ketones is 1. The summed E-state index contributed by atoms with van der Waals surface area (Å²) in [6.07, 6.45) is 2.89. The predicted molar refractivity (Wildman–Crippen MR) is 128 cm³/mol. The molecule has 2 heterocycles. The second kappa shape index (κ2) is 9.45. The summed E-state index contributed by atoms with van der Waals surface area (Å²) in [6.45, 7) is 0.114. The van der Waals surface area contributed by atoms with Crippen LogP contribution in [0.1, 0.15) is 15.9 Å². The molecular weight excluding hydrogens is 467 g/mol. The lowest BCUT2D eigenvalue weighted by Gasteiger charge is -2.09. The number of halogens is 2. The number of nitrogens with two attached hydrogens (primary N) is 1. The monoisotopic (exact) mass is 484 g/mol. The van der Waals surface area contributed by atoms with Crippen molar-refractivity contribution in [1.29, 1.82) is 0 Å². The molecule has 0 fully saturated rings. The van der Waals surface area contributed by atoms with Crippen LogP contribution in [0.2, 0.25) is 10.0 Å². The van der Waals surface area contributed by atoms with Crippen molar-refractivity contribution >= 4 is 63.2 Å². The number of fused-ring (bicyclic) bond motifs is 1. The van der Waals surface area contributed by atoms with Crippen molar-refractivity contribution in [2.24, 2.45) is 0 Å². The molecule has 0 bridgehead atoms. The van der Waals surface area contributed by atoms with Gasteiger partial charge < -0.3 is 26.0 Å². The second-order valence-corrected chi connectivity index (χ2v) is 7.94. The lowest BCUT2D eigenvalue weighted by Crippen LogP contribution is -2.19. The number of hydrogen-bond donors (Lipinski definition) is 4. The number of anilines is 3. The van der Waals surface area contributed by atoms with Gasteiger partial charge in [-0.1, -0.05) is 35.3 Å². The molecule has 2 aromatic carbocycles. The summed E-state index contributed by atoms with van der Waals surface area (Å²) in [7, 11) is 0. The molecule has 0 aliphatic rings. The zero-order chi connectivity index (χ0) is 23.5. The van der Waals surface area contributed by atoms with Gasteiger partial charge in [0.25, 0.3) is 0 Å². The Kier molecular flexibility index (Phi) is 6.45. The van der Waals surface area contributed by atoms with Crippen molar-refractivity contribution < 1.29 is 14.7 Å². The quantitative estimate of drug-likeness (QED) is 0.303. The molecule has 168 valence electrons. The first-order valence-corrected chi connectivity index (χ1v) is 10.5. The smallest absolute Gasteiger partial charge is 0.323 e. The summed E-state index contributed by atoms with van der Waals surface area (Å²) in [6, 6.07) is 10.6. The first kappa shape index (κ1) is 22.5. The number of rotatable bonds is 6. The van der Waals surface area contributed by atoms with Gasteiger partial charge in [0.15, 0.2) is 5.78 Å². The minimum atomic E-state index is -0.532. The van der Waals surface area contributed by atoms with Gasteiger partial charge in [0.2, 0.25) is 0 Å². The van der Waals surface area contributed by atoms with Gasteiger partial charge in [0.1, 0.15) is 17.8 Å². The number of urea groups is 1. The van der Waals surface area contributed by atoms with Crippen LogP contribution >= 0.6 is 23.2 Å². The molecular formula is C22H18Cl2N6O3. The van der Waals surface area contributed by atoms with Crippen LogP contribution in [0.15, 0.2) is 55.0 Å². The number of aliphatic hydroxyl groups excluding tert-OH is 1. The van der Waals surface area contributed by atoms with Crippen LogP contribution < -0.4 is 16.4 Å². The van der Waals surface area contributed by atoms with Crippen molar-refractivity contribution in [2.45, 2.75) is 6.54 Å². The van der Waals surface area contributed by atoms with Crippen LogP contribution in [0.25, 0.3) is 11.0 Å². The molecule has 0 spiro atoms. The van der Waals surface area contributed by atoms with Gasteiger partial charge in [0.05, 0.1) is 17.6 Å². The highest BCUT2D eigenvalue weighted by atomic mass is 35.5. The molecule has 5 N–H and O–H groups in total. The van der Waals surface area contributed by atoms with Crippen LogP contribution in [-0.4, -0.2) is 38.1 Å². The summed E-state index contributed by atoms with van der Waals surface area (Å²) >= 11 is 11.9. The molecule has 2 amide bonds. The number of nitrogen functional groups attached to an aromatic ring is 1. The highest BCUT2D eigenvalue weighted by Gasteiger charge is 2.20. The molecule has 2 aromatic heterocycles. The molecule has 4 rings (SSSR count). The van der Waals surface area contributed by atoms with Crippen molar-refractivity contribution in [3.8, 4) is 0 Å². The Balaban J connectivity index is 1.59. The van der Waals surface area contributed by atoms with E-state index in [0.29, 0.717) is 43.6 Å². The topological polar surface area (TPSA) is 135 Å². The minimum Gasteiger partial charge on any atom is -0.395 e. The maximum atomic E-state index is 13.3. The fourth-order valence-corrected chi connectivity index (χ4v) is 3.94. The van der Waals surface area contributed by atoms with Crippen LogP contribution in [0, 0.1) is 0 Å². The number of carbonyl (C=O) groups excluding carboxylic acids is 2. The highest BCUT2D eigenvalue weighted by molar-refractivity contribution is 6.35. The number of nitrogens with one attached hydrogen (secondary N) is 2. The molecule has 33 heavy (non-hydrogen) atoms. The minimum absolute atomic E-state index is 0.131. The number of aromatic nitrogens is 3. The fourth-order valence-electron chi connectivity index (χ4n) is 3.41.